The van der Waals surface area contributed by atoms with Crippen LogP contribution in [0, 0.1) is 5.92 Å². The van der Waals surface area contributed by atoms with Gasteiger partial charge in [0.25, 0.3) is 0 Å². The zero-order chi connectivity index (χ0) is 12.1. The maximum Gasteiger partial charge on any atom is 0.410 e. The molecule has 1 amide bonds. The van der Waals surface area contributed by atoms with E-state index in [1.54, 1.807) is 4.90 Å². The monoisotopic (exact) mass is 227 g/mol. The lowest BCUT2D eigenvalue weighted by molar-refractivity contribution is -0.0152. The molecule has 1 saturated heterocycles. The Bertz CT molecular complexity index is 297. The van der Waals surface area contributed by atoms with Gasteiger partial charge in [0.1, 0.15) is 5.60 Å². The average molecular weight is 227 g/mol. The second-order valence-corrected chi connectivity index (χ2v) is 5.99. The number of likely N-dealkylation sites (tertiary alicyclic amines) is 1. The second kappa shape index (κ2) is 3.62. The molecule has 0 aromatic carbocycles. The molecule has 0 radical (unpaired) electrons. The van der Waals surface area contributed by atoms with Crippen molar-refractivity contribution in [2.24, 2.45) is 5.92 Å². The van der Waals surface area contributed by atoms with Crippen molar-refractivity contribution in [1.82, 2.24) is 4.90 Å². The molecule has 1 aliphatic carbocycles. The van der Waals surface area contributed by atoms with E-state index in [0.29, 0.717) is 5.92 Å². The maximum atomic E-state index is 12.0. The van der Waals surface area contributed by atoms with Gasteiger partial charge < -0.3 is 9.84 Å². The zero-order valence-electron chi connectivity index (χ0n) is 10.4. The van der Waals surface area contributed by atoms with Crippen molar-refractivity contribution in [3.8, 4) is 0 Å². The topological polar surface area (TPSA) is 49.8 Å². The van der Waals surface area contributed by atoms with Crippen LogP contribution in [0.1, 0.15) is 40.5 Å². The van der Waals surface area contributed by atoms with Gasteiger partial charge in [-0.2, -0.15) is 0 Å². The minimum atomic E-state index is -0.469. The molecular formula is C12H21NO3. The summed E-state index contributed by atoms with van der Waals surface area (Å²) in [4.78, 5) is 13.7. The molecule has 0 spiro atoms. The Kier molecular flexibility index (Phi) is 2.65. The molecule has 92 valence electrons. The van der Waals surface area contributed by atoms with Crippen LogP contribution in [-0.4, -0.2) is 39.9 Å². The van der Waals surface area contributed by atoms with Crippen LogP contribution in [0.2, 0.25) is 0 Å². The summed E-state index contributed by atoms with van der Waals surface area (Å²) in [6.07, 6.45) is 1.09. The van der Waals surface area contributed by atoms with E-state index in [1.807, 2.05) is 27.7 Å². The van der Waals surface area contributed by atoms with Crippen LogP contribution < -0.4 is 0 Å². The molecule has 4 atom stereocenters. The molecule has 0 aromatic heterocycles. The third-order valence-corrected chi connectivity index (χ3v) is 3.62. The summed E-state index contributed by atoms with van der Waals surface area (Å²) in [7, 11) is 0. The molecule has 2 bridgehead atoms. The van der Waals surface area contributed by atoms with Gasteiger partial charge in [-0.05, 0) is 46.5 Å². The molecule has 16 heavy (non-hydrogen) atoms. The van der Waals surface area contributed by atoms with Crippen molar-refractivity contribution in [2.45, 2.75) is 64.3 Å². The molecule has 1 heterocycles. The third-order valence-electron chi connectivity index (χ3n) is 3.62. The number of piperidine rings is 1. The second-order valence-electron chi connectivity index (χ2n) is 5.99. The van der Waals surface area contributed by atoms with Crippen molar-refractivity contribution < 1.29 is 14.6 Å². The van der Waals surface area contributed by atoms with Gasteiger partial charge in [-0.15, -0.1) is 0 Å². The quantitative estimate of drug-likeness (QED) is 0.686. The molecule has 2 rings (SSSR count). The Labute approximate surface area is 96.6 Å². The summed E-state index contributed by atoms with van der Waals surface area (Å²) < 4.78 is 5.37. The number of amides is 1. The summed E-state index contributed by atoms with van der Waals surface area (Å²) in [5.41, 5.74) is -0.469. The highest BCUT2D eigenvalue weighted by atomic mass is 16.6. The number of carbonyl (C=O) groups excluding carboxylic acids is 1. The van der Waals surface area contributed by atoms with Crippen LogP contribution in [0.15, 0.2) is 0 Å². The molecule has 4 nitrogen and oxygen atoms in total. The van der Waals surface area contributed by atoms with E-state index >= 15 is 0 Å². The van der Waals surface area contributed by atoms with E-state index < -0.39 is 5.60 Å². The Morgan fingerprint density at radius 1 is 1.38 bits per heavy atom. The zero-order valence-corrected chi connectivity index (χ0v) is 10.4. The molecule has 2 fully saturated rings. The number of hydrogen-bond acceptors (Lipinski definition) is 3. The lowest BCUT2D eigenvalue weighted by Crippen LogP contribution is -2.50. The van der Waals surface area contributed by atoms with Crippen molar-refractivity contribution in [3.63, 3.8) is 0 Å². The number of ether oxygens (including phenoxy) is 1. The smallest absolute Gasteiger partial charge is 0.410 e. The number of aliphatic hydroxyl groups is 1. The van der Waals surface area contributed by atoms with Gasteiger partial charge in [0, 0.05) is 6.04 Å². The summed E-state index contributed by atoms with van der Waals surface area (Å²) >= 11 is 0. The van der Waals surface area contributed by atoms with Crippen molar-refractivity contribution >= 4 is 6.09 Å². The largest absolute Gasteiger partial charge is 0.444 e. The van der Waals surface area contributed by atoms with Crippen LogP contribution in [0.4, 0.5) is 4.79 Å². The molecule has 0 aromatic rings. The normalized spacial score (nSPS) is 37.9. The number of carbonyl (C=O) groups is 1. The van der Waals surface area contributed by atoms with Gasteiger partial charge in [-0.3, -0.25) is 4.90 Å². The number of hydrogen-bond donors (Lipinski definition) is 1. The van der Waals surface area contributed by atoms with Gasteiger partial charge in [0.05, 0.1) is 12.1 Å². The van der Waals surface area contributed by atoms with E-state index in [-0.39, 0.29) is 24.3 Å². The number of aliphatic hydroxyl groups excluding tert-OH is 1. The van der Waals surface area contributed by atoms with Gasteiger partial charge in [-0.1, -0.05) is 0 Å². The molecule has 1 saturated carbocycles. The first-order valence-corrected chi connectivity index (χ1v) is 5.99. The molecule has 2 aliphatic rings. The third kappa shape index (κ3) is 1.90. The minimum absolute atomic E-state index is 0.0325. The molecule has 4 unspecified atom stereocenters. The van der Waals surface area contributed by atoms with Crippen LogP contribution >= 0.6 is 0 Å². The molecule has 1 aliphatic heterocycles. The summed E-state index contributed by atoms with van der Waals surface area (Å²) in [5.74, 6) is 0.438. The Morgan fingerprint density at radius 3 is 2.50 bits per heavy atom. The van der Waals surface area contributed by atoms with E-state index in [4.69, 9.17) is 4.74 Å². The summed E-state index contributed by atoms with van der Waals surface area (Å²) in [5, 5.41) is 9.81. The van der Waals surface area contributed by atoms with Gasteiger partial charge in [0.2, 0.25) is 0 Å². The predicted molar refractivity (Wildman–Crippen MR) is 60.1 cm³/mol. The van der Waals surface area contributed by atoms with Crippen LogP contribution in [0.5, 0.6) is 0 Å². The van der Waals surface area contributed by atoms with E-state index in [2.05, 4.69) is 0 Å². The van der Waals surface area contributed by atoms with Crippen LogP contribution in [0.3, 0.4) is 0 Å². The van der Waals surface area contributed by atoms with Gasteiger partial charge >= 0.3 is 6.09 Å². The van der Waals surface area contributed by atoms with Crippen LogP contribution in [0.25, 0.3) is 0 Å². The average Bonchev–Trinajstić information content (AvgIpc) is 2.57. The van der Waals surface area contributed by atoms with E-state index in [0.717, 1.165) is 12.8 Å². The Hall–Kier alpha value is -0.770. The summed E-state index contributed by atoms with van der Waals surface area (Å²) in [6.45, 7) is 7.63. The predicted octanol–water partition coefficient (Wildman–Crippen LogP) is 1.77. The number of rotatable bonds is 0. The molecule has 4 heteroatoms. The standard InChI is InChI=1S/C12H21NO3/c1-7-8-5-9(10(14)6-8)13(7)11(15)16-12(2,3)4/h7-10,14H,5-6H2,1-4H3. The SMILES string of the molecule is CC1C2CC(O)C(C2)N1C(=O)OC(C)(C)C. The Balaban J connectivity index is 2.07. The lowest BCUT2D eigenvalue weighted by Gasteiger charge is -2.36. The van der Waals surface area contributed by atoms with Crippen molar-refractivity contribution in [3.05, 3.63) is 0 Å². The fourth-order valence-corrected chi connectivity index (χ4v) is 2.87. The lowest BCUT2D eigenvalue weighted by atomic mass is 10.00. The van der Waals surface area contributed by atoms with Gasteiger partial charge in [-0.25, -0.2) is 4.79 Å². The highest BCUT2D eigenvalue weighted by Gasteiger charge is 2.51. The first-order chi connectivity index (χ1) is 7.29. The van der Waals surface area contributed by atoms with Crippen molar-refractivity contribution in [2.75, 3.05) is 0 Å². The highest BCUT2D eigenvalue weighted by Crippen LogP contribution is 2.42. The maximum absolute atomic E-state index is 12.0. The highest BCUT2D eigenvalue weighted by molar-refractivity contribution is 5.70. The van der Waals surface area contributed by atoms with E-state index in [1.165, 1.54) is 0 Å². The molecular weight excluding hydrogens is 206 g/mol. The Morgan fingerprint density at radius 2 is 2.00 bits per heavy atom. The number of nitrogens with zero attached hydrogens (tertiary/aromatic N) is 1. The number of fused-ring (bicyclic) bond motifs is 2. The minimum Gasteiger partial charge on any atom is -0.444 e. The first kappa shape index (κ1) is 11.7. The molecule has 1 N–H and O–H groups in total. The summed E-state index contributed by atoms with van der Waals surface area (Å²) in [6, 6.07) is 0.165. The van der Waals surface area contributed by atoms with E-state index in [9.17, 15) is 9.90 Å². The van der Waals surface area contributed by atoms with Gasteiger partial charge in [0.15, 0.2) is 0 Å². The van der Waals surface area contributed by atoms with Crippen LogP contribution in [-0.2, 0) is 4.74 Å². The fraction of sp³-hybridized carbons (Fsp3) is 0.917. The van der Waals surface area contributed by atoms with Crippen molar-refractivity contribution in [1.29, 1.82) is 0 Å². The first-order valence-electron chi connectivity index (χ1n) is 5.99. The fourth-order valence-electron chi connectivity index (χ4n) is 2.87.